The molecule has 0 saturated carbocycles. The van der Waals surface area contributed by atoms with Gasteiger partial charge in [0.15, 0.2) is 0 Å². The minimum absolute atomic E-state index is 0.741. The predicted molar refractivity (Wildman–Crippen MR) is 81.6 cm³/mol. The van der Waals surface area contributed by atoms with Gasteiger partial charge in [-0.15, -0.1) is 0 Å². The zero-order chi connectivity index (χ0) is 13.8. The number of hydrogen-bond acceptors (Lipinski definition) is 2. The highest BCUT2D eigenvalue weighted by atomic mass is 15.1. The van der Waals surface area contributed by atoms with Gasteiger partial charge in [-0.2, -0.15) is 5.26 Å². The van der Waals surface area contributed by atoms with E-state index < -0.39 is 0 Å². The van der Waals surface area contributed by atoms with Gasteiger partial charge in [-0.3, -0.25) is 0 Å². The predicted octanol–water partition coefficient (Wildman–Crippen LogP) is 3.90. The summed E-state index contributed by atoms with van der Waals surface area (Å²) < 4.78 is 0. The van der Waals surface area contributed by atoms with E-state index in [2.05, 4.69) is 41.3 Å². The average molecular weight is 262 g/mol. The van der Waals surface area contributed by atoms with Crippen LogP contribution in [0.2, 0.25) is 0 Å². The Hall–Kier alpha value is -2.27. The number of benzene rings is 2. The molecule has 1 aliphatic rings. The molecule has 0 unspecified atom stereocenters. The van der Waals surface area contributed by atoms with Crippen molar-refractivity contribution >= 4 is 5.69 Å². The highest BCUT2D eigenvalue weighted by molar-refractivity contribution is 5.55. The van der Waals surface area contributed by atoms with Crippen LogP contribution in [0.5, 0.6) is 0 Å². The van der Waals surface area contributed by atoms with Crippen LogP contribution in [0.1, 0.15) is 29.5 Å². The molecule has 0 aromatic heterocycles. The third kappa shape index (κ3) is 2.67. The summed E-state index contributed by atoms with van der Waals surface area (Å²) in [5.41, 5.74) is 4.75. The van der Waals surface area contributed by atoms with Crippen molar-refractivity contribution in [1.29, 1.82) is 5.26 Å². The largest absolute Gasteiger partial charge is 0.367 e. The molecule has 0 saturated heterocycles. The second-order valence-corrected chi connectivity index (χ2v) is 5.32. The minimum Gasteiger partial charge on any atom is -0.367 e. The standard InChI is InChI=1S/C18H18N2/c19-13-15-6-5-7-16(12-15)14-20-11-4-3-9-17-8-1-2-10-18(17)20/h1-2,5-8,10,12H,3-4,9,11,14H2. The summed E-state index contributed by atoms with van der Waals surface area (Å²) >= 11 is 0. The molecular weight excluding hydrogens is 244 g/mol. The first kappa shape index (κ1) is 12.7. The third-order valence-corrected chi connectivity index (χ3v) is 3.89. The van der Waals surface area contributed by atoms with Crippen molar-refractivity contribution < 1.29 is 0 Å². The summed E-state index contributed by atoms with van der Waals surface area (Å²) in [6, 6.07) is 18.8. The van der Waals surface area contributed by atoms with E-state index in [1.54, 1.807) is 0 Å². The first-order valence-electron chi connectivity index (χ1n) is 7.19. The maximum absolute atomic E-state index is 9.01. The molecule has 0 atom stereocenters. The summed E-state index contributed by atoms with van der Waals surface area (Å²) in [6.07, 6.45) is 3.66. The summed E-state index contributed by atoms with van der Waals surface area (Å²) in [5.74, 6) is 0. The van der Waals surface area contributed by atoms with E-state index in [1.807, 2.05) is 18.2 Å². The van der Waals surface area contributed by atoms with Gasteiger partial charge in [0.2, 0.25) is 0 Å². The van der Waals surface area contributed by atoms with Crippen molar-refractivity contribution in [2.75, 3.05) is 11.4 Å². The van der Waals surface area contributed by atoms with Crippen LogP contribution in [0, 0.1) is 11.3 Å². The molecule has 1 aliphatic heterocycles. The van der Waals surface area contributed by atoms with Crippen molar-refractivity contribution in [3.05, 3.63) is 65.2 Å². The number of nitrogens with zero attached hydrogens (tertiary/aromatic N) is 2. The van der Waals surface area contributed by atoms with Gasteiger partial charge in [-0.1, -0.05) is 30.3 Å². The van der Waals surface area contributed by atoms with Gasteiger partial charge < -0.3 is 4.90 Å². The third-order valence-electron chi connectivity index (χ3n) is 3.89. The molecule has 2 aromatic rings. The lowest BCUT2D eigenvalue weighted by Gasteiger charge is -2.25. The lowest BCUT2D eigenvalue weighted by Crippen LogP contribution is -2.23. The van der Waals surface area contributed by atoms with Crippen LogP contribution in [0.15, 0.2) is 48.5 Å². The van der Waals surface area contributed by atoms with Crippen molar-refractivity contribution in [2.24, 2.45) is 0 Å². The minimum atomic E-state index is 0.741. The molecule has 0 radical (unpaired) electrons. The molecule has 100 valence electrons. The highest BCUT2D eigenvalue weighted by Gasteiger charge is 2.14. The van der Waals surface area contributed by atoms with E-state index in [9.17, 15) is 0 Å². The van der Waals surface area contributed by atoms with Crippen LogP contribution in [0.25, 0.3) is 0 Å². The topological polar surface area (TPSA) is 27.0 Å². The number of rotatable bonds is 2. The van der Waals surface area contributed by atoms with Crippen LogP contribution in [-0.2, 0) is 13.0 Å². The first-order valence-corrected chi connectivity index (χ1v) is 7.19. The molecule has 2 heteroatoms. The molecule has 3 rings (SSSR count). The summed E-state index contributed by atoms with van der Waals surface area (Å²) in [5, 5.41) is 9.01. The molecule has 0 N–H and O–H groups in total. The van der Waals surface area contributed by atoms with E-state index in [-0.39, 0.29) is 0 Å². The van der Waals surface area contributed by atoms with Crippen LogP contribution >= 0.6 is 0 Å². The molecule has 0 fully saturated rings. The van der Waals surface area contributed by atoms with Crippen LogP contribution in [0.4, 0.5) is 5.69 Å². The maximum atomic E-state index is 9.01. The maximum Gasteiger partial charge on any atom is 0.0991 e. The van der Waals surface area contributed by atoms with Crippen molar-refractivity contribution in [2.45, 2.75) is 25.8 Å². The monoisotopic (exact) mass is 262 g/mol. The van der Waals surface area contributed by atoms with Gasteiger partial charge in [-0.25, -0.2) is 0 Å². The average Bonchev–Trinajstić information content (AvgIpc) is 2.70. The first-order chi connectivity index (χ1) is 9.86. The van der Waals surface area contributed by atoms with Gasteiger partial charge in [0, 0.05) is 18.8 Å². The molecule has 0 bridgehead atoms. The molecule has 2 aromatic carbocycles. The fourth-order valence-corrected chi connectivity index (χ4v) is 2.89. The molecule has 1 heterocycles. The lowest BCUT2D eigenvalue weighted by molar-refractivity contribution is 0.714. The SMILES string of the molecule is N#Cc1cccc(CN2CCCCc3ccccc32)c1. The zero-order valence-corrected chi connectivity index (χ0v) is 11.5. The van der Waals surface area contributed by atoms with Gasteiger partial charge in [0.25, 0.3) is 0 Å². The fraction of sp³-hybridized carbons (Fsp3) is 0.278. The summed E-state index contributed by atoms with van der Waals surface area (Å²) in [7, 11) is 0. The number of nitriles is 1. The molecule has 0 spiro atoms. The lowest BCUT2D eigenvalue weighted by atomic mass is 10.1. The van der Waals surface area contributed by atoms with Gasteiger partial charge in [0.05, 0.1) is 11.6 Å². The van der Waals surface area contributed by atoms with Crippen LogP contribution in [0.3, 0.4) is 0 Å². The Labute approximate surface area is 120 Å². The Morgan fingerprint density at radius 2 is 1.95 bits per heavy atom. The molecule has 0 amide bonds. The van der Waals surface area contributed by atoms with E-state index in [4.69, 9.17) is 5.26 Å². The fourth-order valence-electron chi connectivity index (χ4n) is 2.89. The molecule has 2 nitrogen and oxygen atoms in total. The Morgan fingerprint density at radius 1 is 1.05 bits per heavy atom. The highest BCUT2D eigenvalue weighted by Crippen LogP contribution is 2.27. The number of fused-ring (bicyclic) bond motifs is 1. The van der Waals surface area contributed by atoms with E-state index in [0.29, 0.717) is 0 Å². The molecular formula is C18H18N2. The normalized spacial score (nSPS) is 14.2. The van der Waals surface area contributed by atoms with Crippen LogP contribution in [-0.4, -0.2) is 6.54 Å². The summed E-state index contributed by atoms with van der Waals surface area (Å²) in [4.78, 5) is 2.44. The second kappa shape index (κ2) is 5.79. The van der Waals surface area contributed by atoms with Crippen molar-refractivity contribution in [3.8, 4) is 6.07 Å². The quantitative estimate of drug-likeness (QED) is 0.820. The van der Waals surface area contributed by atoms with Gasteiger partial charge in [-0.05, 0) is 48.6 Å². The van der Waals surface area contributed by atoms with E-state index in [1.165, 1.54) is 36.1 Å². The Balaban J connectivity index is 1.88. The number of hydrogen-bond donors (Lipinski definition) is 0. The van der Waals surface area contributed by atoms with Gasteiger partial charge >= 0.3 is 0 Å². The second-order valence-electron chi connectivity index (χ2n) is 5.32. The molecule has 20 heavy (non-hydrogen) atoms. The zero-order valence-electron chi connectivity index (χ0n) is 11.5. The Kier molecular flexibility index (Phi) is 3.69. The van der Waals surface area contributed by atoms with Crippen molar-refractivity contribution in [1.82, 2.24) is 0 Å². The number of anilines is 1. The summed E-state index contributed by atoms with van der Waals surface area (Å²) in [6.45, 7) is 1.97. The van der Waals surface area contributed by atoms with Crippen molar-refractivity contribution in [3.63, 3.8) is 0 Å². The van der Waals surface area contributed by atoms with Gasteiger partial charge in [0.1, 0.15) is 0 Å². The molecule has 0 aliphatic carbocycles. The van der Waals surface area contributed by atoms with E-state index >= 15 is 0 Å². The number of aryl methyl sites for hydroxylation is 1. The van der Waals surface area contributed by atoms with Crippen LogP contribution < -0.4 is 4.90 Å². The smallest absolute Gasteiger partial charge is 0.0991 e. The van der Waals surface area contributed by atoms with E-state index in [0.717, 1.165) is 18.7 Å². The Bertz CT molecular complexity index is 640. The number of para-hydroxylation sites is 1. The Morgan fingerprint density at radius 3 is 2.85 bits per heavy atom.